The van der Waals surface area contributed by atoms with Crippen LogP contribution >= 0.6 is 0 Å². The number of H-pyrrole nitrogens is 1. The zero-order valence-corrected chi connectivity index (χ0v) is 7.30. The Morgan fingerprint density at radius 1 is 1.47 bits per heavy atom. The molecule has 0 spiro atoms. The lowest BCUT2D eigenvalue weighted by Crippen LogP contribution is -2.02. The Kier molecular flexibility index (Phi) is 2.05. The molecule has 0 unspecified atom stereocenters. The van der Waals surface area contributed by atoms with Crippen LogP contribution in [0.1, 0.15) is 10.7 Å². The lowest BCUT2D eigenvalue weighted by molar-refractivity contribution is 0.0654. The van der Waals surface area contributed by atoms with Gasteiger partial charge in [-0.15, -0.1) is 10.2 Å². The summed E-state index contributed by atoms with van der Waals surface area (Å²) in [4.78, 5) is 24.4. The van der Waals surface area contributed by atoms with Crippen LogP contribution in [0.5, 0.6) is 0 Å². The second-order valence-electron chi connectivity index (χ2n) is 2.64. The largest absolute Gasteiger partial charge is 0.474 e. The van der Waals surface area contributed by atoms with Gasteiger partial charge >= 0.3 is 11.9 Å². The summed E-state index contributed by atoms with van der Waals surface area (Å²) in [7, 11) is 0. The van der Waals surface area contributed by atoms with E-state index in [2.05, 4.69) is 15.2 Å². The van der Waals surface area contributed by atoms with Gasteiger partial charge < -0.3 is 14.5 Å². The standard InChI is InChI=1S/C8H5N3O4/c12-5-1-2-9-3-4(5)6-10-11-7(15-6)8(13)14/h1-3H,(H,9,12)(H,13,14). The first-order chi connectivity index (χ1) is 7.18. The molecule has 15 heavy (non-hydrogen) atoms. The summed E-state index contributed by atoms with van der Waals surface area (Å²) < 4.78 is 4.77. The average molecular weight is 207 g/mol. The van der Waals surface area contributed by atoms with Gasteiger partial charge in [0.25, 0.3) is 5.89 Å². The number of nitrogens with zero attached hydrogens (tertiary/aromatic N) is 2. The van der Waals surface area contributed by atoms with E-state index in [0.29, 0.717) is 0 Å². The molecule has 0 aliphatic heterocycles. The Labute approximate surface area is 82.4 Å². The first-order valence-electron chi connectivity index (χ1n) is 3.93. The van der Waals surface area contributed by atoms with Crippen molar-refractivity contribution in [2.75, 3.05) is 0 Å². The molecule has 76 valence electrons. The molecule has 7 heteroatoms. The van der Waals surface area contributed by atoms with Gasteiger partial charge in [-0.3, -0.25) is 4.79 Å². The SMILES string of the molecule is O=C(O)c1nnc(-c2c[nH]ccc2=O)o1. The minimum atomic E-state index is -1.33. The normalized spacial score (nSPS) is 10.1. The fourth-order valence-corrected chi connectivity index (χ4v) is 1.00. The number of aromatic amines is 1. The van der Waals surface area contributed by atoms with E-state index < -0.39 is 11.9 Å². The molecule has 2 rings (SSSR count). The van der Waals surface area contributed by atoms with Crippen molar-refractivity contribution in [3.8, 4) is 11.5 Å². The highest BCUT2D eigenvalue weighted by Gasteiger charge is 2.15. The molecule has 2 aromatic heterocycles. The van der Waals surface area contributed by atoms with Crippen molar-refractivity contribution >= 4 is 5.97 Å². The fourth-order valence-electron chi connectivity index (χ4n) is 1.00. The molecule has 7 nitrogen and oxygen atoms in total. The number of carboxylic acid groups (broad SMARTS) is 1. The van der Waals surface area contributed by atoms with E-state index in [1.807, 2.05) is 0 Å². The van der Waals surface area contributed by atoms with Crippen LogP contribution in [0, 0.1) is 0 Å². The molecule has 0 bridgehead atoms. The van der Waals surface area contributed by atoms with Gasteiger partial charge in [-0.25, -0.2) is 4.79 Å². The van der Waals surface area contributed by atoms with Gasteiger partial charge in [0, 0.05) is 18.5 Å². The Morgan fingerprint density at radius 3 is 2.87 bits per heavy atom. The van der Waals surface area contributed by atoms with Crippen LogP contribution in [-0.2, 0) is 0 Å². The van der Waals surface area contributed by atoms with Crippen molar-refractivity contribution in [2.45, 2.75) is 0 Å². The summed E-state index contributed by atoms with van der Waals surface area (Å²) in [6, 6.07) is 1.28. The molecule has 0 fully saturated rings. The molecular weight excluding hydrogens is 202 g/mol. The van der Waals surface area contributed by atoms with Gasteiger partial charge in [0.05, 0.1) is 0 Å². The second kappa shape index (κ2) is 3.37. The number of carbonyl (C=O) groups is 1. The summed E-state index contributed by atoms with van der Waals surface area (Å²) in [6.45, 7) is 0. The summed E-state index contributed by atoms with van der Waals surface area (Å²) in [5.41, 5.74) is -0.188. The van der Waals surface area contributed by atoms with E-state index >= 15 is 0 Å². The van der Waals surface area contributed by atoms with E-state index in [9.17, 15) is 9.59 Å². The average Bonchev–Trinajstić information content (AvgIpc) is 2.67. The summed E-state index contributed by atoms with van der Waals surface area (Å²) in [6.07, 6.45) is 2.81. The summed E-state index contributed by atoms with van der Waals surface area (Å²) >= 11 is 0. The second-order valence-corrected chi connectivity index (χ2v) is 2.64. The first-order valence-corrected chi connectivity index (χ1v) is 3.93. The zero-order valence-electron chi connectivity index (χ0n) is 7.30. The van der Waals surface area contributed by atoms with Crippen LogP contribution in [0.25, 0.3) is 11.5 Å². The maximum absolute atomic E-state index is 11.3. The molecule has 0 atom stereocenters. The topological polar surface area (TPSA) is 109 Å². The Hall–Kier alpha value is -2.44. The van der Waals surface area contributed by atoms with Crippen molar-refractivity contribution in [2.24, 2.45) is 0 Å². The van der Waals surface area contributed by atoms with Crippen molar-refractivity contribution in [3.05, 3.63) is 34.6 Å². The van der Waals surface area contributed by atoms with Crippen molar-refractivity contribution in [3.63, 3.8) is 0 Å². The minimum Gasteiger partial charge on any atom is -0.474 e. The zero-order chi connectivity index (χ0) is 10.8. The smallest absolute Gasteiger partial charge is 0.393 e. The Bertz CT molecular complexity index is 557. The molecule has 0 saturated carbocycles. The minimum absolute atomic E-state index is 0.116. The van der Waals surface area contributed by atoms with Gasteiger partial charge in [0.15, 0.2) is 5.43 Å². The van der Waals surface area contributed by atoms with Crippen molar-refractivity contribution in [1.29, 1.82) is 0 Å². The third kappa shape index (κ3) is 1.62. The summed E-state index contributed by atoms with van der Waals surface area (Å²) in [5, 5.41) is 15.2. The number of hydrogen-bond donors (Lipinski definition) is 2. The fraction of sp³-hybridized carbons (Fsp3) is 0. The van der Waals surface area contributed by atoms with E-state index in [-0.39, 0.29) is 16.9 Å². The number of aromatic nitrogens is 3. The maximum atomic E-state index is 11.3. The van der Waals surface area contributed by atoms with Gasteiger partial charge in [-0.1, -0.05) is 0 Å². The third-order valence-electron chi connectivity index (χ3n) is 1.66. The molecule has 0 radical (unpaired) electrons. The van der Waals surface area contributed by atoms with Crippen LogP contribution in [-0.4, -0.2) is 26.3 Å². The van der Waals surface area contributed by atoms with Crippen LogP contribution in [0.2, 0.25) is 0 Å². The molecule has 0 amide bonds. The van der Waals surface area contributed by atoms with E-state index in [1.54, 1.807) is 0 Å². The molecular formula is C8H5N3O4. The van der Waals surface area contributed by atoms with Crippen LogP contribution in [0.4, 0.5) is 0 Å². The predicted molar refractivity (Wildman–Crippen MR) is 47.3 cm³/mol. The van der Waals surface area contributed by atoms with Crippen LogP contribution in [0.3, 0.4) is 0 Å². The molecule has 0 aliphatic rings. The first kappa shape index (κ1) is 9.13. The summed E-state index contributed by atoms with van der Waals surface area (Å²) in [5.74, 6) is -2.00. The van der Waals surface area contributed by atoms with E-state index in [0.717, 1.165) is 0 Å². The molecule has 2 N–H and O–H groups in total. The Balaban J connectivity index is 2.51. The Morgan fingerprint density at radius 2 is 2.27 bits per heavy atom. The van der Waals surface area contributed by atoms with Crippen molar-refractivity contribution < 1.29 is 14.3 Å². The highest BCUT2D eigenvalue weighted by molar-refractivity contribution is 5.82. The monoisotopic (exact) mass is 207 g/mol. The number of pyridine rings is 1. The molecule has 0 aliphatic carbocycles. The predicted octanol–water partition coefficient (Wildman–Crippen LogP) is 0.123. The van der Waals surface area contributed by atoms with Gasteiger partial charge in [0.2, 0.25) is 0 Å². The number of carboxylic acids is 1. The van der Waals surface area contributed by atoms with Gasteiger partial charge in [-0.2, -0.15) is 0 Å². The van der Waals surface area contributed by atoms with Crippen molar-refractivity contribution in [1.82, 2.24) is 15.2 Å². The van der Waals surface area contributed by atoms with Gasteiger partial charge in [-0.05, 0) is 0 Å². The molecule has 0 saturated heterocycles. The molecule has 0 aromatic carbocycles. The van der Waals surface area contributed by atoms with E-state index in [4.69, 9.17) is 9.52 Å². The number of hydrogen-bond acceptors (Lipinski definition) is 5. The lowest BCUT2D eigenvalue weighted by Gasteiger charge is -1.90. The maximum Gasteiger partial charge on any atom is 0.393 e. The van der Waals surface area contributed by atoms with Crippen LogP contribution < -0.4 is 5.43 Å². The third-order valence-corrected chi connectivity index (χ3v) is 1.66. The quantitative estimate of drug-likeness (QED) is 0.723. The molecule has 2 aromatic rings. The molecule has 2 heterocycles. The highest BCUT2D eigenvalue weighted by atomic mass is 16.4. The number of aromatic carboxylic acids is 1. The highest BCUT2D eigenvalue weighted by Crippen LogP contribution is 2.11. The van der Waals surface area contributed by atoms with E-state index in [1.165, 1.54) is 18.5 Å². The lowest BCUT2D eigenvalue weighted by atomic mass is 10.3. The van der Waals surface area contributed by atoms with Crippen LogP contribution in [0.15, 0.2) is 27.7 Å². The number of nitrogens with one attached hydrogen (secondary N) is 1. The van der Waals surface area contributed by atoms with Gasteiger partial charge in [0.1, 0.15) is 5.56 Å². The number of rotatable bonds is 2.